The van der Waals surface area contributed by atoms with Crippen LogP contribution in [0.5, 0.6) is 11.5 Å². The van der Waals surface area contributed by atoms with Gasteiger partial charge in [0, 0.05) is 22.4 Å². The van der Waals surface area contributed by atoms with Crippen molar-refractivity contribution in [3.05, 3.63) is 109 Å². The Morgan fingerprint density at radius 2 is 1.52 bits per heavy atom. The van der Waals surface area contributed by atoms with Crippen LogP contribution in [-0.4, -0.2) is 12.8 Å². The molecular weight excluding hydrogens is 511 g/mol. The predicted octanol–water partition coefficient (Wildman–Crippen LogP) is 8.31. The molecule has 4 aliphatic rings. The quantitative estimate of drug-likeness (QED) is 0.222. The molecule has 0 saturated heterocycles. The van der Waals surface area contributed by atoms with Gasteiger partial charge in [0.2, 0.25) is 0 Å². The Morgan fingerprint density at radius 1 is 0.738 bits per heavy atom. The highest BCUT2D eigenvalue weighted by Gasteiger charge is 2.59. The third kappa shape index (κ3) is 3.13. The van der Waals surface area contributed by atoms with Crippen LogP contribution in [0.4, 0.5) is 22.7 Å². The van der Waals surface area contributed by atoms with Crippen LogP contribution in [0, 0.1) is 0 Å². The molecule has 2 atom stereocenters. The number of nitrogens with one attached hydrogen (secondary N) is 1. The third-order valence-corrected chi connectivity index (χ3v) is 10.8. The van der Waals surface area contributed by atoms with Crippen molar-refractivity contribution in [2.75, 3.05) is 10.2 Å². The summed E-state index contributed by atoms with van der Waals surface area (Å²) < 4.78 is 6.43. The molecule has 5 aromatic carbocycles. The van der Waals surface area contributed by atoms with Crippen molar-refractivity contribution in [1.82, 2.24) is 0 Å². The fourth-order valence-corrected chi connectivity index (χ4v) is 8.50. The Kier molecular flexibility index (Phi) is 4.92. The molecule has 1 aliphatic carbocycles. The van der Waals surface area contributed by atoms with Gasteiger partial charge in [0.25, 0.3) is 0 Å². The van der Waals surface area contributed by atoms with Gasteiger partial charge in [-0.25, -0.2) is 0 Å². The number of fused-ring (bicyclic) bond motifs is 7. The normalized spacial score (nSPS) is 22.4. The van der Waals surface area contributed by atoms with E-state index in [9.17, 15) is 0 Å². The van der Waals surface area contributed by atoms with E-state index in [0.717, 1.165) is 30.2 Å². The molecule has 1 N–H and O–H groups in total. The van der Waals surface area contributed by atoms with E-state index in [0.29, 0.717) is 0 Å². The molecule has 204 valence electrons. The van der Waals surface area contributed by atoms with E-state index >= 15 is 0 Å². The summed E-state index contributed by atoms with van der Waals surface area (Å²) in [5.74, 6) is 1.74. The Hall–Kier alpha value is -4.44. The first-order chi connectivity index (χ1) is 20.5. The maximum Gasteiger partial charge on any atom is 0.198 e. The summed E-state index contributed by atoms with van der Waals surface area (Å²) in [7, 11) is 0.923. The molecule has 3 aliphatic heterocycles. The minimum atomic E-state index is 0.0296. The minimum absolute atomic E-state index is 0.0296. The molecule has 3 heterocycles. The highest BCUT2D eigenvalue weighted by atomic mass is 16.5. The topological polar surface area (TPSA) is 24.5 Å². The van der Waals surface area contributed by atoms with Crippen LogP contribution < -0.4 is 25.9 Å². The van der Waals surface area contributed by atoms with Gasteiger partial charge in [0.05, 0.1) is 16.9 Å². The third-order valence-electron chi connectivity index (χ3n) is 10.8. The number of rotatable bonds is 2. The summed E-state index contributed by atoms with van der Waals surface area (Å²) in [5.41, 5.74) is 14.4. The summed E-state index contributed by atoms with van der Waals surface area (Å²) >= 11 is 0. The number of ether oxygens (including phenoxy) is 1. The van der Waals surface area contributed by atoms with Crippen LogP contribution in [-0.2, 0) is 5.41 Å². The Bertz CT molecular complexity index is 1920. The molecule has 1 saturated carbocycles. The molecule has 0 aromatic heterocycles. The minimum Gasteiger partial charge on any atom is -0.453 e. The fraction of sp³-hybridized carbons (Fsp3) is 0.211. The summed E-state index contributed by atoms with van der Waals surface area (Å²) in [5, 5.41) is 3.75. The van der Waals surface area contributed by atoms with Crippen molar-refractivity contribution < 1.29 is 4.74 Å². The van der Waals surface area contributed by atoms with E-state index in [1.54, 1.807) is 5.56 Å². The van der Waals surface area contributed by atoms with Gasteiger partial charge >= 0.3 is 0 Å². The predicted molar refractivity (Wildman–Crippen MR) is 176 cm³/mol. The molecular formula is C38H33BN2O. The highest BCUT2D eigenvalue weighted by Crippen LogP contribution is 2.61. The zero-order chi connectivity index (χ0) is 28.1. The van der Waals surface area contributed by atoms with Gasteiger partial charge < -0.3 is 15.0 Å². The van der Waals surface area contributed by atoms with Gasteiger partial charge in [-0.05, 0) is 77.8 Å². The maximum absolute atomic E-state index is 6.43. The Morgan fingerprint density at radius 3 is 2.43 bits per heavy atom. The first kappa shape index (κ1) is 24.2. The zero-order valence-corrected chi connectivity index (χ0v) is 24.2. The SMILES string of the molecule is CC12CCCCC1(C)N1c3cc(-c4ccccc4)cc(-c4cccc5c4Nc4ccccc4O5)c3Bc3cccc2c31. The van der Waals surface area contributed by atoms with Gasteiger partial charge in [-0.15, -0.1) is 0 Å². The zero-order valence-electron chi connectivity index (χ0n) is 24.2. The molecule has 2 unspecified atom stereocenters. The summed E-state index contributed by atoms with van der Waals surface area (Å²) in [6, 6.07) is 37.5. The molecule has 3 nitrogen and oxygen atoms in total. The lowest BCUT2D eigenvalue weighted by Gasteiger charge is -2.51. The summed E-state index contributed by atoms with van der Waals surface area (Å²) in [4.78, 5) is 2.78. The van der Waals surface area contributed by atoms with E-state index in [4.69, 9.17) is 4.74 Å². The number of hydrogen-bond acceptors (Lipinski definition) is 3. The van der Waals surface area contributed by atoms with Gasteiger partial charge in [0.1, 0.15) is 0 Å². The molecule has 4 heteroatoms. The standard InChI is InChI=1S/C38H33BN2O/c1-37-20-8-9-21-38(37,2)41-31-23-25(24-12-4-3-5-13-24)22-27(34(31)39-29-16-11-15-28(37)36(29)41)26-14-10-19-33-35(26)40-30-17-6-7-18-32(30)42-33/h3-7,10-19,22-23,39-40H,8-9,20-21H2,1-2H3. The lowest BCUT2D eigenvalue weighted by Crippen LogP contribution is -2.57. The van der Waals surface area contributed by atoms with Crippen molar-refractivity contribution >= 4 is 41.0 Å². The molecule has 42 heavy (non-hydrogen) atoms. The van der Waals surface area contributed by atoms with E-state index < -0.39 is 0 Å². The fourth-order valence-electron chi connectivity index (χ4n) is 8.50. The molecule has 0 spiro atoms. The van der Waals surface area contributed by atoms with Crippen LogP contribution >= 0.6 is 0 Å². The van der Waals surface area contributed by atoms with Gasteiger partial charge in [-0.3, -0.25) is 0 Å². The van der Waals surface area contributed by atoms with E-state index in [1.807, 2.05) is 12.1 Å². The largest absolute Gasteiger partial charge is 0.453 e. The monoisotopic (exact) mass is 544 g/mol. The summed E-state index contributed by atoms with van der Waals surface area (Å²) in [6.07, 6.45) is 5.02. The highest BCUT2D eigenvalue weighted by molar-refractivity contribution is 6.73. The van der Waals surface area contributed by atoms with E-state index in [2.05, 4.69) is 115 Å². The molecule has 0 amide bonds. The summed E-state index contributed by atoms with van der Waals surface area (Å²) in [6.45, 7) is 5.07. The first-order valence-electron chi connectivity index (χ1n) is 15.4. The second-order valence-corrected chi connectivity index (χ2v) is 12.9. The average Bonchev–Trinajstić information content (AvgIpc) is 3.25. The average molecular weight is 545 g/mol. The second-order valence-electron chi connectivity index (χ2n) is 12.9. The van der Waals surface area contributed by atoms with Gasteiger partial charge in [0.15, 0.2) is 18.8 Å². The van der Waals surface area contributed by atoms with E-state index in [1.165, 1.54) is 70.2 Å². The van der Waals surface area contributed by atoms with Gasteiger partial charge in [-0.1, -0.05) is 98.0 Å². The van der Waals surface area contributed by atoms with Crippen molar-refractivity contribution in [3.8, 4) is 33.8 Å². The van der Waals surface area contributed by atoms with Crippen molar-refractivity contribution in [1.29, 1.82) is 0 Å². The van der Waals surface area contributed by atoms with Crippen molar-refractivity contribution in [2.45, 2.75) is 50.5 Å². The lowest BCUT2D eigenvalue weighted by molar-refractivity contribution is 0.195. The van der Waals surface area contributed by atoms with Crippen LogP contribution in [0.3, 0.4) is 0 Å². The van der Waals surface area contributed by atoms with Crippen molar-refractivity contribution in [3.63, 3.8) is 0 Å². The van der Waals surface area contributed by atoms with Crippen LogP contribution in [0.25, 0.3) is 22.3 Å². The first-order valence-corrected chi connectivity index (χ1v) is 15.4. The molecule has 1 fully saturated rings. The lowest BCUT2D eigenvalue weighted by atomic mass is 9.57. The molecule has 5 aromatic rings. The van der Waals surface area contributed by atoms with Gasteiger partial charge in [-0.2, -0.15) is 0 Å². The number of hydrogen-bond donors (Lipinski definition) is 1. The number of para-hydroxylation sites is 4. The Labute approximate surface area is 248 Å². The van der Waals surface area contributed by atoms with E-state index in [-0.39, 0.29) is 11.0 Å². The van der Waals surface area contributed by atoms with Crippen LogP contribution in [0.1, 0.15) is 45.1 Å². The van der Waals surface area contributed by atoms with Crippen LogP contribution in [0.2, 0.25) is 0 Å². The molecule has 9 rings (SSSR count). The number of nitrogens with zero attached hydrogens (tertiary/aromatic N) is 1. The molecule has 0 radical (unpaired) electrons. The number of anilines is 4. The molecule has 0 bridgehead atoms. The Balaban J connectivity index is 1.32. The maximum atomic E-state index is 6.43. The number of benzene rings is 5. The van der Waals surface area contributed by atoms with Crippen molar-refractivity contribution in [2.24, 2.45) is 0 Å². The second kappa shape index (κ2) is 8.55. The van der Waals surface area contributed by atoms with Crippen LogP contribution in [0.15, 0.2) is 103 Å². The smallest absolute Gasteiger partial charge is 0.198 e.